The molecule has 0 aromatic carbocycles. The lowest BCUT2D eigenvalue weighted by molar-refractivity contribution is -0.164. The summed E-state index contributed by atoms with van der Waals surface area (Å²) in [6, 6.07) is 0. The van der Waals surface area contributed by atoms with Crippen LogP contribution in [0.15, 0.2) is 5.16 Å². The Morgan fingerprint density at radius 2 is 1.89 bits per heavy atom. The first-order valence-electron chi connectivity index (χ1n) is 6.67. The molecular formula is C13H21NO5. The average Bonchev–Trinajstić information content (AvgIpc) is 2.40. The molecule has 19 heavy (non-hydrogen) atoms. The summed E-state index contributed by atoms with van der Waals surface area (Å²) in [5, 5.41) is 12.0. The zero-order valence-corrected chi connectivity index (χ0v) is 11.4. The molecule has 1 aliphatic carbocycles. The summed E-state index contributed by atoms with van der Waals surface area (Å²) < 4.78 is 9.90. The molecule has 0 aliphatic heterocycles. The van der Waals surface area contributed by atoms with Gasteiger partial charge in [0.2, 0.25) is 0 Å². The molecule has 1 atom stereocenters. The molecule has 0 aromatic rings. The molecule has 0 aromatic heterocycles. The Kier molecular flexibility index (Phi) is 6.32. The van der Waals surface area contributed by atoms with E-state index in [0.717, 1.165) is 12.8 Å². The minimum Gasteiger partial charge on any atom is -0.465 e. The molecule has 0 spiro atoms. The summed E-state index contributed by atoms with van der Waals surface area (Å²) in [6.07, 6.45) is 2.64. The fourth-order valence-electron chi connectivity index (χ4n) is 2.40. The highest BCUT2D eigenvalue weighted by molar-refractivity contribution is 5.96. The maximum absolute atomic E-state index is 11.9. The summed E-state index contributed by atoms with van der Waals surface area (Å²) in [5.74, 6) is -2.23. The van der Waals surface area contributed by atoms with E-state index in [2.05, 4.69) is 5.16 Å². The van der Waals surface area contributed by atoms with Gasteiger partial charge in [-0.25, -0.2) is 0 Å². The highest BCUT2D eigenvalue weighted by Crippen LogP contribution is 2.30. The molecule has 0 saturated heterocycles. The SMILES string of the molecule is CCOC(=O)C(C(=O)OCC)C1CCC/C(=N\O)C1. The Labute approximate surface area is 112 Å². The molecule has 1 unspecified atom stereocenters. The molecule has 6 nitrogen and oxygen atoms in total. The quantitative estimate of drug-likeness (QED) is 0.356. The van der Waals surface area contributed by atoms with Crippen molar-refractivity contribution in [2.75, 3.05) is 13.2 Å². The van der Waals surface area contributed by atoms with Gasteiger partial charge in [0.1, 0.15) is 0 Å². The molecule has 1 rings (SSSR count). The highest BCUT2D eigenvalue weighted by Gasteiger charge is 2.39. The van der Waals surface area contributed by atoms with Crippen LogP contribution in [0.4, 0.5) is 0 Å². The number of esters is 2. The number of ether oxygens (including phenoxy) is 2. The molecule has 1 aliphatic rings. The standard InChI is InChI=1S/C13H21NO5/c1-3-18-12(15)11(13(16)19-4-2)9-6-5-7-10(8-9)14-17/h9,11,17H,3-8H2,1-2H3/b14-10+. The first-order chi connectivity index (χ1) is 9.13. The van der Waals surface area contributed by atoms with Gasteiger partial charge < -0.3 is 14.7 Å². The van der Waals surface area contributed by atoms with Crippen molar-refractivity contribution in [3.05, 3.63) is 0 Å². The summed E-state index contributed by atoms with van der Waals surface area (Å²) in [6.45, 7) is 3.84. The Morgan fingerprint density at radius 3 is 2.37 bits per heavy atom. The van der Waals surface area contributed by atoms with E-state index in [0.29, 0.717) is 18.6 Å². The van der Waals surface area contributed by atoms with Crippen LogP contribution >= 0.6 is 0 Å². The van der Waals surface area contributed by atoms with E-state index in [1.807, 2.05) is 0 Å². The summed E-state index contributed by atoms with van der Waals surface area (Å²) in [5.41, 5.74) is 0.620. The lowest BCUT2D eigenvalue weighted by atomic mass is 9.79. The van der Waals surface area contributed by atoms with Crippen LogP contribution in [0.3, 0.4) is 0 Å². The van der Waals surface area contributed by atoms with Gasteiger partial charge in [0.25, 0.3) is 0 Å². The molecule has 6 heteroatoms. The topological polar surface area (TPSA) is 85.2 Å². The smallest absolute Gasteiger partial charge is 0.320 e. The van der Waals surface area contributed by atoms with Crippen molar-refractivity contribution in [2.45, 2.75) is 39.5 Å². The summed E-state index contributed by atoms with van der Waals surface area (Å²) in [7, 11) is 0. The van der Waals surface area contributed by atoms with Crippen molar-refractivity contribution >= 4 is 17.7 Å². The van der Waals surface area contributed by atoms with E-state index in [1.165, 1.54) is 0 Å². The van der Waals surface area contributed by atoms with Crippen LogP contribution in [-0.4, -0.2) is 36.1 Å². The van der Waals surface area contributed by atoms with E-state index in [-0.39, 0.29) is 19.1 Å². The molecule has 0 bridgehead atoms. The normalized spacial score (nSPS) is 21.4. The Balaban J connectivity index is 2.82. The Bertz CT molecular complexity index is 335. The highest BCUT2D eigenvalue weighted by atomic mass is 16.6. The molecule has 0 heterocycles. The number of hydrogen-bond acceptors (Lipinski definition) is 6. The van der Waals surface area contributed by atoms with E-state index in [1.54, 1.807) is 13.8 Å². The summed E-state index contributed by atoms with van der Waals surface area (Å²) in [4.78, 5) is 23.9. The fourth-order valence-corrected chi connectivity index (χ4v) is 2.40. The lowest BCUT2D eigenvalue weighted by Gasteiger charge is -2.27. The molecule has 1 saturated carbocycles. The summed E-state index contributed by atoms with van der Waals surface area (Å²) >= 11 is 0. The van der Waals surface area contributed by atoms with Crippen molar-refractivity contribution < 1.29 is 24.3 Å². The zero-order chi connectivity index (χ0) is 14.3. The van der Waals surface area contributed by atoms with E-state index >= 15 is 0 Å². The van der Waals surface area contributed by atoms with Gasteiger partial charge in [-0.2, -0.15) is 0 Å². The maximum atomic E-state index is 11.9. The van der Waals surface area contributed by atoms with Crippen molar-refractivity contribution in [3.63, 3.8) is 0 Å². The number of hydrogen-bond donors (Lipinski definition) is 1. The second kappa shape index (κ2) is 7.76. The monoisotopic (exact) mass is 271 g/mol. The van der Waals surface area contributed by atoms with Gasteiger partial charge in [0.05, 0.1) is 18.9 Å². The minimum atomic E-state index is -0.919. The predicted octanol–water partition coefficient (Wildman–Crippen LogP) is 1.75. The third kappa shape index (κ3) is 4.22. The maximum Gasteiger partial charge on any atom is 0.320 e. The molecule has 108 valence electrons. The molecular weight excluding hydrogens is 250 g/mol. The zero-order valence-electron chi connectivity index (χ0n) is 11.4. The van der Waals surface area contributed by atoms with E-state index < -0.39 is 17.9 Å². The third-order valence-corrected chi connectivity index (χ3v) is 3.23. The van der Waals surface area contributed by atoms with Crippen LogP contribution in [0.2, 0.25) is 0 Å². The first-order valence-corrected chi connectivity index (χ1v) is 6.67. The van der Waals surface area contributed by atoms with Gasteiger partial charge in [-0.1, -0.05) is 5.16 Å². The number of oxime groups is 1. The second-order valence-electron chi connectivity index (χ2n) is 4.50. The van der Waals surface area contributed by atoms with E-state index in [9.17, 15) is 9.59 Å². The molecule has 0 amide bonds. The predicted molar refractivity (Wildman–Crippen MR) is 67.9 cm³/mol. The number of rotatable bonds is 5. The van der Waals surface area contributed by atoms with Crippen LogP contribution in [0, 0.1) is 11.8 Å². The second-order valence-corrected chi connectivity index (χ2v) is 4.50. The van der Waals surface area contributed by atoms with Gasteiger partial charge >= 0.3 is 11.9 Å². The van der Waals surface area contributed by atoms with Crippen LogP contribution in [-0.2, 0) is 19.1 Å². The number of carbonyl (C=O) groups is 2. The Morgan fingerprint density at radius 1 is 1.32 bits per heavy atom. The van der Waals surface area contributed by atoms with Crippen LogP contribution in [0.1, 0.15) is 39.5 Å². The van der Waals surface area contributed by atoms with Crippen LogP contribution in [0.25, 0.3) is 0 Å². The van der Waals surface area contributed by atoms with Gasteiger partial charge in [0.15, 0.2) is 5.92 Å². The number of nitrogens with zero attached hydrogens (tertiary/aromatic N) is 1. The molecule has 1 N–H and O–H groups in total. The fraction of sp³-hybridized carbons (Fsp3) is 0.769. The molecule has 1 fully saturated rings. The lowest BCUT2D eigenvalue weighted by Crippen LogP contribution is -2.37. The largest absolute Gasteiger partial charge is 0.465 e. The third-order valence-electron chi connectivity index (χ3n) is 3.23. The van der Waals surface area contributed by atoms with Crippen LogP contribution < -0.4 is 0 Å². The molecule has 0 radical (unpaired) electrons. The van der Waals surface area contributed by atoms with Crippen molar-refractivity contribution in [1.29, 1.82) is 0 Å². The average molecular weight is 271 g/mol. The minimum absolute atomic E-state index is 0.210. The van der Waals surface area contributed by atoms with Gasteiger partial charge in [-0.3, -0.25) is 9.59 Å². The van der Waals surface area contributed by atoms with Crippen LogP contribution in [0.5, 0.6) is 0 Å². The van der Waals surface area contributed by atoms with Crippen molar-refractivity contribution in [3.8, 4) is 0 Å². The van der Waals surface area contributed by atoms with Gasteiger partial charge in [-0.05, 0) is 45.4 Å². The first kappa shape index (κ1) is 15.5. The number of carbonyl (C=O) groups excluding carboxylic acids is 2. The van der Waals surface area contributed by atoms with Gasteiger partial charge in [-0.15, -0.1) is 0 Å². The van der Waals surface area contributed by atoms with Crippen molar-refractivity contribution in [1.82, 2.24) is 0 Å². The van der Waals surface area contributed by atoms with E-state index in [4.69, 9.17) is 14.7 Å². The Hall–Kier alpha value is -1.59. The van der Waals surface area contributed by atoms with Gasteiger partial charge in [0, 0.05) is 0 Å². The van der Waals surface area contributed by atoms with Crippen molar-refractivity contribution in [2.24, 2.45) is 17.0 Å².